The summed E-state index contributed by atoms with van der Waals surface area (Å²) < 4.78 is 0. The number of aliphatic hydroxyl groups is 1. The molecular weight excluding hydrogens is 232 g/mol. The van der Waals surface area contributed by atoms with Crippen LogP contribution in [-0.2, 0) is 0 Å². The average molecular weight is 248 g/mol. The standard InChI is InChI=1S/C13H16N2O3/c16-11-5-9-2-3-10(6-11)15(9)12-4-1-8(7-14-12)13(17)18/h1,4,7,9-11,16H,2-3,5-6H2,(H,17,18). The molecule has 0 saturated carbocycles. The highest BCUT2D eigenvalue weighted by Crippen LogP contribution is 2.38. The Morgan fingerprint density at radius 2 is 1.94 bits per heavy atom. The van der Waals surface area contributed by atoms with Gasteiger partial charge in [0.1, 0.15) is 5.82 Å². The van der Waals surface area contributed by atoms with Gasteiger partial charge in [-0.05, 0) is 37.8 Å². The molecule has 96 valence electrons. The molecule has 2 bridgehead atoms. The molecule has 2 aliphatic rings. The molecule has 3 heterocycles. The third kappa shape index (κ3) is 1.84. The van der Waals surface area contributed by atoms with E-state index in [1.54, 1.807) is 12.1 Å². The first-order valence-electron chi connectivity index (χ1n) is 6.31. The minimum atomic E-state index is -0.953. The van der Waals surface area contributed by atoms with Crippen LogP contribution in [0, 0.1) is 0 Å². The lowest BCUT2D eigenvalue weighted by molar-refractivity contribution is 0.0696. The minimum Gasteiger partial charge on any atom is -0.478 e. The van der Waals surface area contributed by atoms with Crippen LogP contribution in [0.2, 0.25) is 0 Å². The Morgan fingerprint density at radius 1 is 1.28 bits per heavy atom. The molecule has 0 aromatic carbocycles. The van der Waals surface area contributed by atoms with Gasteiger partial charge in [-0.1, -0.05) is 0 Å². The summed E-state index contributed by atoms with van der Waals surface area (Å²) in [5, 5.41) is 18.6. The summed E-state index contributed by atoms with van der Waals surface area (Å²) in [7, 11) is 0. The minimum absolute atomic E-state index is 0.197. The zero-order valence-electron chi connectivity index (χ0n) is 9.99. The second-order valence-corrected chi connectivity index (χ2v) is 5.13. The van der Waals surface area contributed by atoms with Gasteiger partial charge in [-0.15, -0.1) is 0 Å². The number of piperidine rings is 1. The molecule has 2 aliphatic heterocycles. The Labute approximate surface area is 105 Å². The second kappa shape index (κ2) is 4.24. The second-order valence-electron chi connectivity index (χ2n) is 5.13. The van der Waals surface area contributed by atoms with Crippen LogP contribution in [0.3, 0.4) is 0 Å². The molecule has 1 aromatic heterocycles. The van der Waals surface area contributed by atoms with Crippen molar-refractivity contribution in [1.82, 2.24) is 4.98 Å². The number of fused-ring (bicyclic) bond motifs is 2. The maximum atomic E-state index is 10.8. The van der Waals surface area contributed by atoms with Crippen LogP contribution in [0.15, 0.2) is 18.3 Å². The number of hydrogen-bond acceptors (Lipinski definition) is 4. The molecule has 18 heavy (non-hydrogen) atoms. The molecule has 2 N–H and O–H groups in total. The van der Waals surface area contributed by atoms with Gasteiger partial charge in [0, 0.05) is 18.3 Å². The van der Waals surface area contributed by atoms with E-state index < -0.39 is 5.97 Å². The Hall–Kier alpha value is -1.62. The van der Waals surface area contributed by atoms with E-state index in [1.807, 2.05) is 0 Å². The van der Waals surface area contributed by atoms with Crippen LogP contribution in [0.4, 0.5) is 5.82 Å². The largest absolute Gasteiger partial charge is 0.478 e. The quantitative estimate of drug-likeness (QED) is 0.824. The molecule has 0 aliphatic carbocycles. The Kier molecular flexibility index (Phi) is 2.70. The summed E-state index contributed by atoms with van der Waals surface area (Å²) in [4.78, 5) is 17.3. The van der Waals surface area contributed by atoms with E-state index in [1.165, 1.54) is 6.20 Å². The fraction of sp³-hybridized carbons (Fsp3) is 0.538. The number of aromatic carboxylic acids is 1. The number of aromatic nitrogens is 1. The Balaban J connectivity index is 1.85. The number of carbonyl (C=O) groups is 1. The van der Waals surface area contributed by atoms with Gasteiger partial charge in [-0.3, -0.25) is 0 Å². The number of rotatable bonds is 2. The monoisotopic (exact) mass is 248 g/mol. The molecule has 5 heteroatoms. The number of carboxylic acid groups (broad SMARTS) is 1. The molecule has 0 radical (unpaired) electrons. The van der Waals surface area contributed by atoms with Crippen LogP contribution in [0.25, 0.3) is 0 Å². The lowest BCUT2D eigenvalue weighted by Crippen LogP contribution is -2.45. The van der Waals surface area contributed by atoms with E-state index in [2.05, 4.69) is 9.88 Å². The summed E-state index contributed by atoms with van der Waals surface area (Å²) in [5.41, 5.74) is 0.211. The van der Waals surface area contributed by atoms with Gasteiger partial charge in [0.15, 0.2) is 0 Å². The maximum Gasteiger partial charge on any atom is 0.337 e. The van der Waals surface area contributed by atoms with E-state index in [0.717, 1.165) is 31.5 Å². The molecule has 2 atom stereocenters. The molecule has 2 saturated heterocycles. The third-order valence-electron chi connectivity index (χ3n) is 3.97. The van der Waals surface area contributed by atoms with Gasteiger partial charge >= 0.3 is 5.97 Å². The maximum absolute atomic E-state index is 10.8. The Bertz CT molecular complexity index is 446. The van der Waals surface area contributed by atoms with Crippen molar-refractivity contribution < 1.29 is 15.0 Å². The van der Waals surface area contributed by atoms with Crippen LogP contribution >= 0.6 is 0 Å². The van der Waals surface area contributed by atoms with Gasteiger partial charge in [0.25, 0.3) is 0 Å². The first-order chi connectivity index (χ1) is 8.65. The van der Waals surface area contributed by atoms with Gasteiger partial charge in [-0.2, -0.15) is 0 Å². The summed E-state index contributed by atoms with van der Waals surface area (Å²) in [6, 6.07) is 4.06. The van der Waals surface area contributed by atoms with Gasteiger partial charge < -0.3 is 15.1 Å². The van der Waals surface area contributed by atoms with Gasteiger partial charge in [-0.25, -0.2) is 9.78 Å². The molecule has 2 fully saturated rings. The summed E-state index contributed by atoms with van der Waals surface area (Å²) >= 11 is 0. The van der Waals surface area contributed by atoms with E-state index in [-0.39, 0.29) is 11.7 Å². The topological polar surface area (TPSA) is 73.7 Å². The van der Waals surface area contributed by atoms with Crippen LogP contribution < -0.4 is 4.90 Å². The van der Waals surface area contributed by atoms with Crippen molar-refractivity contribution in [3.05, 3.63) is 23.9 Å². The number of pyridine rings is 1. The molecule has 0 spiro atoms. The zero-order chi connectivity index (χ0) is 12.7. The number of nitrogens with zero attached hydrogens (tertiary/aromatic N) is 2. The van der Waals surface area contributed by atoms with E-state index >= 15 is 0 Å². The predicted octanol–water partition coefficient (Wildman–Crippen LogP) is 1.27. The van der Waals surface area contributed by atoms with Crippen molar-refractivity contribution in [1.29, 1.82) is 0 Å². The number of hydrogen-bond donors (Lipinski definition) is 2. The summed E-state index contributed by atoms with van der Waals surface area (Å²) in [5.74, 6) is -0.120. The normalized spacial score (nSPS) is 30.5. The third-order valence-corrected chi connectivity index (χ3v) is 3.97. The highest BCUT2D eigenvalue weighted by molar-refractivity contribution is 5.87. The zero-order valence-corrected chi connectivity index (χ0v) is 9.99. The smallest absolute Gasteiger partial charge is 0.337 e. The molecule has 0 amide bonds. The lowest BCUT2D eigenvalue weighted by Gasteiger charge is -2.38. The van der Waals surface area contributed by atoms with E-state index in [0.29, 0.717) is 12.1 Å². The van der Waals surface area contributed by atoms with Crippen molar-refractivity contribution in [2.24, 2.45) is 0 Å². The SMILES string of the molecule is O=C(O)c1ccc(N2C3CCC2CC(O)C3)nc1. The number of aliphatic hydroxyl groups excluding tert-OH is 1. The highest BCUT2D eigenvalue weighted by Gasteiger charge is 2.40. The molecule has 5 nitrogen and oxygen atoms in total. The average Bonchev–Trinajstić information content (AvgIpc) is 2.62. The number of anilines is 1. The van der Waals surface area contributed by atoms with Crippen molar-refractivity contribution in [3.63, 3.8) is 0 Å². The lowest BCUT2D eigenvalue weighted by atomic mass is 10.00. The van der Waals surface area contributed by atoms with Crippen LogP contribution in [-0.4, -0.2) is 39.4 Å². The number of carboxylic acids is 1. The summed E-state index contributed by atoms with van der Waals surface area (Å²) in [6.07, 6.45) is 4.96. The molecule has 1 aromatic rings. The fourth-order valence-electron chi connectivity index (χ4n) is 3.19. The van der Waals surface area contributed by atoms with Gasteiger partial charge in [0.2, 0.25) is 0 Å². The van der Waals surface area contributed by atoms with Crippen LogP contribution in [0.1, 0.15) is 36.0 Å². The van der Waals surface area contributed by atoms with Gasteiger partial charge in [0.05, 0.1) is 11.7 Å². The molecule has 2 unspecified atom stereocenters. The molecular formula is C13H16N2O3. The van der Waals surface area contributed by atoms with E-state index in [4.69, 9.17) is 5.11 Å². The Morgan fingerprint density at radius 3 is 2.44 bits per heavy atom. The fourth-order valence-corrected chi connectivity index (χ4v) is 3.19. The van der Waals surface area contributed by atoms with E-state index in [9.17, 15) is 9.90 Å². The highest BCUT2D eigenvalue weighted by atomic mass is 16.4. The van der Waals surface area contributed by atoms with Crippen molar-refractivity contribution in [2.45, 2.75) is 43.9 Å². The van der Waals surface area contributed by atoms with Crippen molar-refractivity contribution in [2.75, 3.05) is 4.90 Å². The summed E-state index contributed by atoms with van der Waals surface area (Å²) in [6.45, 7) is 0. The van der Waals surface area contributed by atoms with Crippen molar-refractivity contribution in [3.8, 4) is 0 Å². The van der Waals surface area contributed by atoms with Crippen LogP contribution in [0.5, 0.6) is 0 Å². The first-order valence-corrected chi connectivity index (χ1v) is 6.31. The first kappa shape index (κ1) is 11.5. The van der Waals surface area contributed by atoms with Crippen molar-refractivity contribution >= 4 is 11.8 Å². The molecule has 3 rings (SSSR count). The predicted molar refractivity (Wildman–Crippen MR) is 65.7 cm³/mol.